The van der Waals surface area contributed by atoms with Crippen LogP contribution in [0.1, 0.15) is 40.0 Å². The van der Waals surface area contributed by atoms with E-state index in [9.17, 15) is 4.79 Å². The van der Waals surface area contributed by atoms with Gasteiger partial charge in [-0.3, -0.25) is 9.78 Å². The van der Waals surface area contributed by atoms with Gasteiger partial charge in [0.1, 0.15) is 6.61 Å². The summed E-state index contributed by atoms with van der Waals surface area (Å²) in [7, 11) is 1.58. The number of rotatable bonds is 7. The molecule has 0 bridgehead atoms. The van der Waals surface area contributed by atoms with E-state index in [1.54, 1.807) is 43.8 Å². The second kappa shape index (κ2) is 9.38. The Morgan fingerprint density at radius 2 is 1.83 bits per heavy atom. The number of hydrogen-bond donors (Lipinski definition) is 1. The molecular formula is C23H21N3O3. The number of carbonyl (C=O) groups is 1. The van der Waals surface area contributed by atoms with Crippen LogP contribution in [-0.4, -0.2) is 18.0 Å². The van der Waals surface area contributed by atoms with Gasteiger partial charge in [-0.1, -0.05) is 6.07 Å². The van der Waals surface area contributed by atoms with Gasteiger partial charge in [-0.15, -0.1) is 0 Å². The highest BCUT2D eigenvalue weighted by molar-refractivity contribution is 5.94. The van der Waals surface area contributed by atoms with Crippen LogP contribution in [0.2, 0.25) is 0 Å². The molecule has 1 atom stereocenters. The van der Waals surface area contributed by atoms with Gasteiger partial charge in [-0.05, 0) is 66.6 Å². The van der Waals surface area contributed by atoms with Crippen molar-refractivity contribution >= 4 is 5.91 Å². The lowest BCUT2D eigenvalue weighted by Crippen LogP contribution is -2.26. The molecule has 0 saturated heterocycles. The summed E-state index contributed by atoms with van der Waals surface area (Å²) in [5.74, 6) is 1.01. The minimum Gasteiger partial charge on any atom is -0.493 e. The Kier molecular flexibility index (Phi) is 6.43. The number of aromatic nitrogens is 1. The summed E-state index contributed by atoms with van der Waals surface area (Å²) < 4.78 is 11.3. The van der Waals surface area contributed by atoms with Crippen LogP contribution in [0.5, 0.6) is 11.5 Å². The molecule has 1 amide bonds. The van der Waals surface area contributed by atoms with Crippen molar-refractivity contribution < 1.29 is 14.3 Å². The zero-order chi connectivity index (χ0) is 20.6. The van der Waals surface area contributed by atoms with Gasteiger partial charge in [0.2, 0.25) is 0 Å². The van der Waals surface area contributed by atoms with Crippen molar-refractivity contribution in [2.45, 2.75) is 19.6 Å². The molecule has 0 fully saturated rings. The first kappa shape index (κ1) is 19.9. The minimum atomic E-state index is -0.235. The average Bonchev–Trinajstić information content (AvgIpc) is 2.78. The zero-order valence-corrected chi connectivity index (χ0v) is 16.3. The van der Waals surface area contributed by atoms with Gasteiger partial charge in [0, 0.05) is 18.0 Å². The maximum Gasteiger partial charge on any atom is 0.251 e. The van der Waals surface area contributed by atoms with Crippen LogP contribution in [0.3, 0.4) is 0 Å². The lowest BCUT2D eigenvalue weighted by Gasteiger charge is -2.17. The largest absolute Gasteiger partial charge is 0.493 e. The number of hydrogen-bond acceptors (Lipinski definition) is 5. The van der Waals surface area contributed by atoms with Gasteiger partial charge in [0.05, 0.1) is 24.8 Å². The average molecular weight is 387 g/mol. The van der Waals surface area contributed by atoms with Crippen molar-refractivity contribution in [3.8, 4) is 17.6 Å². The van der Waals surface area contributed by atoms with Crippen molar-refractivity contribution in [2.75, 3.05) is 7.11 Å². The molecule has 146 valence electrons. The maximum atomic E-state index is 12.5. The number of methoxy groups -OCH3 is 1. The molecule has 2 aromatic carbocycles. The third-order valence-electron chi connectivity index (χ3n) is 4.46. The number of amides is 1. The summed E-state index contributed by atoms with van der Waals surface area (Å²) in [4.78, 5) is 16.4. The summed E-state index contributed by atoms with van der Waals surface area (Å²) >= 11 is 0. The van der Waals surface area contributed by atoms with Crippen LogP contribution in [0, 0.1) is 11.3 Å². The van der Waals surface area contributed by atoms with Crippen LogP contribution < -0.4 is 14.8 Å². The molecule has 6 heteroatoms. The Bertz CT molecular complexity index is 1010. The zero-order valence-electron chi connectivity index (χ0n) is 16.3. The van der Waals surface area contributed by atoms with Crippen molar-refractivity contribution in [1.29, 1.82) is 5.26 Å². The van der Waals surface area contributed by atoms with Gasteiger partial charge in [-0.25, -0.2) is 0 Å². The molecule has 0 aliphatic rings. The van der Waals surface area contributed by atoms with E-state index < -0.39 is 0 Å². The summed E-state index contributed by atoms with van der Waals surface area (Å²) in [5.41, 5.74) is 2.91. The molecule has 0 saturated carbocycles. The number of nitrogens with zero attached hydrogens (tertiary/aromatic N) is 2. The van der Waals surface area contributed by atoms with Gasteiger partial charge in [0.15, 0.2) is 11.5 Å². The first-order valence-corrected chi connectivity index (χ1v) is 9.11. The molecule has 0 aliphatic heterocycles. The van der Waals surface area contributed by atoms with Crippen LogP contribution in [0.4, 0.5) is 0 Å². The van der Waals surface area contributed by atoms with E-state index in [-0.39, 0.29) is 11.9 Å². The van der Waals surface area contributed by atoms with Crippen LogP contribution in [-0.2, 0) is 6.61 Å². The quantitative estimate of drug-likeness (QED) is 0.662. The molecule has 1 aromatic heterocycles. The number of carbonyl (C=O) groups excluding carboxylic acids is 1. The fourth-order valence-corrected chi connectivity index (χ4v) is 2.77. The lowest BCUT2D eigenvalue weighted by molar-refractivity contribution is 0.0940. The monoisotopic (exact) mass is 387 g/mol. The molecule has 3 rings (SSSR count). The topological polar surface area (TPSA) is 84.2 Å². The highest BCUT2D eigenvalue weighted by Gasteiger charge is 2.14. The van der Waals surface area contributed by atoms with E-state index in [4.69, 9.17) is 14.7 Å². The Labute approximate surface area is 169 Å². The van der Waals surface area contributed by atoms with Crippen LogP contribution >= 0.6 is 0 Å². The summed E-state index contributed by atoms with van der Waals surface area (Å²) in [6.07, 6.45) is 3.44. The third-order valence-corrected chi connectivity index (χ3v) is 4.46. The molecule has 0 unspecified atom stereocenters. The Morgan fingerprint density at radius 1 is 1.10 bits per heavy atom. The molecule has 0 aliphatic carbocycles. The first-order valence-electron chi connectivity index (χ1n) is 9.11. The Morgan fingerprint density at radius 3 is 2.48 bits per heavy atom. The first-order chi connectivity index (χ1) is 14.1. The van der Waals surface area contributed by atoms with Crippen molar-refractivity contribution in [2.24, 2.45) is 0 Å². The molecule has 0 radical (unpaired) electrons. The number of pyridine rings is 1. The van der Waals surface area contributed by atoms with Gasteiger partial charge in [0.25, 0.3) is 5.91 Å². The Hall–Kier alpha value is -3.85. The summed E-state index contributed by atoms with van der Waals surface area (Å²) in [6.45, 7) is 2.30. The van der Waals surface area contributed by atoms with Gasteiger partial charge in [-0.2, -0.15) is 5.26 Å². The fraction of sp³-hybridized carbons (Fsp3) is 0.174. The fourth-order valence-electron chi connectivity index (χ4n) is 2.77. The number of nitrogens with one attached hydrogen (secondary N) is 1. The van der Waals surface area contributed by atoms with E-state index >= 15 is 0 Å². The second-order valence-corrected chi connectivity index (χ2v) is 6.44. The van der Waals surface area contributed by atoms with E-state index in [0.29, 0.717) is 29.2 Å². The summed E-state index contributed by atoms with van der Waals surface area (Å²) in [5, 5.41) is 11.8. The van der Waals surface area contributed by atoms with Gasteiger partial charge >= 0.3 is 0 Å². The highest BCUT2D eigenvalue weighted by atomic mass is 16.5. The highest BCUT2D eigenvalue weighted by Crippen LogP contribution is 2.31. The van der Waals surface area contributed by atoms with E-state index in [1.807, 2.05) is 43.3 Å². The van der Waals surface area contributed by atoms with Crippen LogP contribution in [0.15, 0.2) is 67.0 Å². The molecule has 1 heterocycles. The molecule has 1 N–H and O–H groups in total. The van der Waals surface area contributed by atoms with E-state index in [2.05, 4.69) is 10.3 Å². The predicted molar refractivity (Wildman–Crippen MR) is 109 cm³/mol. The molecule has 0 spiro atoms. The molecule has 6 nitrogen and oxygen atoms in total. The molecule has 3 aromatic rings. The number of benzene rings is 2. The van der Waals surface area contributed by atoms with E-state index in [0.717, 1.165) is 11.1 Å². The smallest absolute Gasteiger partial charge is 0.251 e. The maximum absolute atomic E-state index is 12.5. The molecular weight excluding hydrogens is 366 g/mol. The number of nitriles is 1. The van der Waals surface area contributed by atoms with Gasteiger partial charge < -0.3 is 14.8 Å². The summed E-state index contributed by atoms with van der Waals surface area (Å²) in [6, 6.07) is 17.7. The Balaban J connectivity index is 1.67. The third kappa shape index (κ3) is 5.11. The standard InChI is InChI=1S/C23H21N3O3/c1-16(26-23(27)19-5-3-17(14-24)4-6-19)20-7-8-21(22(13-20)28-2)29-15-18-9-11-25-12-10-18/h3-13,16H,15H2,1-2H3,(H,26,27)/t16-/m0/s1. The predicted octanol–water partition coefficient (Wildman–Crippen LogP) is 4.03. The molecule has 29 heavy (non-hydrogen) atoms. The van der Waals surface area contributed by atoms with Crippen molar-refractivity contribution in [1.82, 2.24) is 10.3 Å². The normalized spacial score (nSPS) is 11.2. The van der Waals surface area contributed by atoms with Crippen molar-refractivity contribution in [3.05, 3.63) is 89.2 Å². The number of ether oxygens (including phenoxy) is 2. The SMILES string of the molecule is COc1cc([C@H](C)NC(=O)c2ccc(C#N)cc2)ccc1OCc1ccncc1. The second-order valence-electron chi connectivity index (χ2n) is 6.44. The van der Waals surface area contributed by atoms with Crippen molar-refractivity contribution in [3.63, 3.8) is 0 Å². The lowest BCUT2D eigenvalue weighted by atomic mass is 10.1. The van der Waals surface area contributed by atoms with E-state index in [1.165, 1.54) is 0 Å². The minimum absolute atomic E-state index is 0.209. The van der Waals surface area contributed by atoms with Crippen LogP contribution in [0.25, 0.3) is 0 Å².